The summed E-state index contributed by atoms with van der Waals surface area (Å²) < 4.78 is 56.0. The van der Waals surface area contributed by atoms with Gasteiger partial charge in [-0.1, -0.05) is 0 Å². The molecule has 0 saturated carbocycles. The summed E-state index contributed by atoms with van der Waals surface area (Å²) in [6.07, 6.45) is -4.12. The van der Waals surface area contributed by atoms with Crippen LogP contribution in [0.4, 0.5) is 29.3 Å². The van der Waals surface area contributed by atoms with Crippen molar-refractivity contribution in [1.82, 2.24) is 34.0 Å². The molecule has 2 atom stereocenters. The number of carbonyl (C=O) groups excluding carboxylic acids is 1. The number of imidazole rings is 1. The maximum atomic E-state index is 14.4. The van der Waals surface area contributed by atoms with E-state index in [0.29, 0.717) is 22.3 Å². The minimum Gasteiger partial charge on any atom is -0.382 e. The Bertz CT molecular complexity index is 1440. The molecule has 4 aromatic rings. The molecule has 1 amide bonds. The van der Waals surface area contributed by atoms with Crippen molar-refractivity contribution in [3.8, 4) is 11.3 Å². The first-order valence-corrected chi connectivity index (χ1v) is 10.7. The Morgan fingerprint density at radius 3 is 2.66 bits per heavy atom. The maximum absolute atomic E-state index is 14.4. The fourth-order valence-electron chi connectivity index (χ4n) is 4.28. The van der Waals surface area contributed by atoms with E-state index in [0.717, 1.165) is 4.57 Å². The number of aromatic nitrogens is 6. The number of rotatable bonds is 4. The van der Waals surface area contributed by atoms with Gasteiger partial charge in [-0.05, 0) is 25.1 Å². The zero-order chi connectivity index (χ0) is 25.1. The molecule has 10 nitrogen and oxygen atoms in total. The lowest BCUT2D eigenvalue weighted by Crippen LogP contribution is -2.32. The lowest BCUT2D eigenvalue weighted by molar-refractivity contribution is -0.140. The van der Waals surface area contributed by atoms with Crippen LogP contribution >= 0.6 is 0 Å². The van der Waals surface area contributed by atoms with Crippen LogP contribution in [0, 0.1) is 6.92 Å². The van der Waals surface area contributed by atoms with Crippen LogP contribution < -0.4 is 11.1 Å². The van der Waals surface area contributed by atoms with Crippen LogP contribution in [0.15, 0.2) is 24.4 Å². The number of anilines is 2. The number of hydrogen-bond acceptors (Lipinski definition) is 7. The number of hydrogen-bond donors (Lipinski definition) is 2. The van der Waals surface area contributed by atoms with Crippen molar-refractivity contribution >= 4 is 34.4 Å². The Morgan fingerprint density at radius 2 is 1.97 bits per heavy atom. The summed E-state index contributed by atoms with van der Waals surface area (Å²) in [5, 5.41) is 7.22. The second-order valence-electron chi connectivity index (χ2n) is 8.43. The van der Waals surface area contributed by atoms with E-state index >= 15 is 0 Å². The van der Waals surface area contributed by atoms with Crippen LogP contribution in [-0.4, -0.2) is 71.4 Å². The molecule has 184 valence electrons. The van der Waals surface area contributed by atoms with Gasteiger partial charge < -0.3 is 20.5 Å². The summed E-state index contributed by atoms with van der Waals surface area (Å²) in [7, 11) is 0. The minimum atomic E-state index is -4.43. The van der Waals surface area contributed by atoms with Gasteiger partial charge >= 0.3 is 6.18 Å². The molecule has 4 aromatic heterocycles. The molecular weight excluding hydrogens is 470 g/mol. The van der Waals surface area contributed by atoms with Gasteiger partial charge in [0.25, 0.3) is 0 Å². The van der Waals surface area contributed by atoms with Crippen LogP contribution in [0.5, 0.6) is 0 Å². The van der Waals surface area contributed by atoms with E-state index in [2.05, 4.69) is 25.4 Å². The highest BCUT2D eigenvalue weighted by atomic mass is 19.4. The molecule has 1 saturated heterocycles. The molecule has 14 heteroatoms. The van der Waals surface area contributed by atoms with E-state index in [9.17, 15) is 22.4 Å². The van der Waals surface area contributed by atoms with Crippen molar-refractivity contribution in [1.29, 1.82) is 0 Å². The zero-order valence-corrected chi connectivity index (χ0v) is 18.7. The van der Waals surface area contributed by atoms with Gasteiger partial charge in [0.15, 0.2) is 11.5 Å². The van der Waals surface area contributed by atoms with Crippen LogP contribution in [0.2, 0.25) is 0 Å². The molecule has 1 fully saturated rings. The number of amides is 1. The molecule has 35 heavy (non-hydrogen) atoms. The lowest BCUT2D eigenvalue weighted by Gasteiger charge is -2.15. The van der Waals surface area contributed by atoms with E-state index < -0.39 is 24.9 Å². The summed E-state index contributed by atoms with van der Waals surface area (Å²) in [5.41, 5.74) is 7.91. The number of alkyl halides is 4. The Labute approximate surface area is 195 Å². The van der Waals surface area contributed by atoms with Gasteiger partial charge in [0.1, 0.15) is 29.6 Å². The Kier molecular flexibility index (Phi) is 5.25. The molecule has 0 radical (unpaired) electrons. The fraction of sp³-hybridized carbons (Fsp3) is 0.381. The Hall–Kier alpha value is -3.97. The van der Waals surface area contributed by atoms with Gasteiger partial charge in [-0.15, -0.1) is 5.10 Å². The summed E-state index contributed by atoms with van der Waals surface area (Å²) in [4.78, 5) is 25.8. The SMILES string of the molecule is CC(=O)N1C[C@H](Nc2nc(N)c3c(-c4ccc5nc(C)n(CC(F)(F)F)c5n4)ccn3n2)[C@@H](F)C1. The van der Waals surface area contributed by atoms with Gasteiger partial charge in [-0.2, -0.15) is 18.2 Å². The predicted molar refractivity (Wildman–Crippen MR) is 119 cm³/mol. The number of fused-ring (bicyclic) bond motifs is 2. The normalized spacial score (nSPS) is 18.6. The lowest BCUT2D eigenvalue weighted by atomic mass is 10.2. The Balaban J connectivity index is 1.49. The van der Waals surface area contributed by atoms with Gasteiger partial charge in [-0.25, -0.2) is 18.9 Å². The molecular formula is C21H21F4N9O. The number of nitrogens with two attached hydrogens (primary N) is 1. The second kappa shape index (κ2) is 8.06. The van der Waals surface area contributed by atoms with Crippen molar-refractivity contribution < 1.29 is 22.4 Å². The highest BCUT2D eigenvalue weighted by molar-refractivity contribution is 5.88. The van der Waals surface area contributed by atoms with Crippen molar-refractivity contribution in [3.63, 3.8) is 0 Å². The van der Waals surface area contributed by atoms with E-state index in [1.54, 1.807) is 24.4 Å². The van der Waals surface area contributed by atoms with Crippen molar-refractivity contribution in [2.24, 2.45) is 0 Å². The molecule has 0 spiro atoms. The quantitative estimate of drug-likeness (QED) is 0.421. The Morgan fingerprint density at radius 1 is 1.20 bits per heavy atom. The largest absolute Gasteiger partial charge is 0.406 e. The second-order valence-corrected chi connectivity index (χ2v) is 8.43. The van der Waals surface area contributed by atoms with Crippen molar-refractivity contribution in [2.45, 2.75) is 38.8 Å². The molecule has 1 aliphatic rings. The number of likely N-dealkylation sites (tertiary alicyclic amines) is 1. The van der Waals surface area contributed by atoms with E-state index in [4.69, 9.17) is 5.73 Å². The molecule has 0 bridgehead atoms. The summed E-state index contributed by atoms with van der Waals surface area (Å²) in [6.45, 7) is 1.81. The number of nitrogens with one attached hydrogen (secondary N) is 1. The highest BCUT2D eigenvalue weighted by Crippen LogP contribution is 2.30. The molecule has 0 aromatic carbocycles. The fourth-order valence-corrected chi connectivity index (χ4v) is 4.28. The number of nitrogen functional groups attached to an aromatic ring is 1. The smallest absolute Gasteiger partial charge is 0.382 e. The zero-order valence-electron chi connectivity index (χ0n) is 18.7. The topological polar surface area (TPSA) is 119 Å². The van der Waals surface area contributed by atoms with Crippen LogP contribution in [0.3, 0.4) is 0 Å². The van der Waals surface area contributed by atoms with Crippen LogP contribution in [0.25, 0.3) is 27.9 Å². The van der Waals surface area contributed by atoms with E-state index in [1.165, 1.54) is 23.3 Å². The first-order valence-electron chi connectivity index (χ1n) is 10.7. The maximum Gasteiger partial charge on any atom is 0.406 e. The van der Waals surface area contributed by atoms with Gasteiger partial charge in [-0.3, -0.25) is 4.79 Å². The molecule has 5 heterocycles. The number of pyridine rings is 1. The third kappa shape index (κ3) is 4.19. The summed E-state index contributed by atoms with van der Waals surface area (Å²) in [6, 6.07) is 4.21. The van der Waals surface area contributed by atoms with Crippen molar-refractivity contribution in [3.05, 3.63) is 30.2 Å². The van der Waals surface area contributed by atoms with E-state index in [1.807, 2.05) is 0 Å². The highest BCUT2D eigenvalue weighted by Gasteiger charge is 2.35. The first-order chi connectivity index (χ1) is 16.5. The predicted octanol–water partition coefficient (Wildman–Crippen LogP) is 2.57. The monoisotopic (exact) mass is 491 g/mol. The van der Waals surface area contributed by atoms with Gasteiger partial charge in [0.05, 0.1) is 18.3 Å². The molecule has 1 aliphatic heterocycles. The average Bonchev–Trinajstić information content (AvgIpc) is 3.43. The summed E-state index contributed by atoms with van der Waals surface area (Å²) >= 11 is 0. The van der Waals surface area contributed by atoms with Crippen LogP contribution in [-0.2, 0) is 11.3 Å². The number of nitrogens with zero attached hydrogens (tertiary/aromatic N) is 7. The molecule has 3 N–H and O–H groups in total. The third-order valence-electron chi connectivity index (χ3n) is 5.94. The number of aryl methyl sites for hydroxylation is 1. The summed E-state index contributed by atoms with van der Waals surface area (Å²) in [5.74, 6) is 0.126. The molecule has 0 aliphatic carbocycles. The van der Waals surface area contributed by atoms with Crippen molar-refractivity contribution in [2.75, 3.05) is 24.1 Å². The van der Waals surface area contributed by atoms with Gasteiger partial charge in [0, 0.05) is 25.2 Å². The van der Waals surface area contributed by atoms with Gasteiger partial charge in [0.2, 0.25) is 11.9 Å². The molecule has 5 rings (SSSR count). The minimum absolute atomic E-state index is 0.0169. The van der Waals surface area contributed by atoms with Crippen LogP contribution in [0.1, 0.15) is 12.7 Å². The van der Waals surface area contributed by atoms with E-state index in [-0.39, 0.29) is 42.2 Å². The first kappa shape index (κ1) is 22.8. The third-order valence-corrected chi connectivity index (χ3v) is 5.94. The molecule has 0 unspecified atom stereocenters. The number of carbonyl (C=O) groups is 1. The standard InChI is InChI=1S/C21H21F4N9O/c1-10-27-15-4-3-14(28-19(15)33(10)9-21(23,24)25)12-5-6-34-17(12)18(26)30-20(31-34)29-16-8-32(11(2)35)7-13(16)22/h3-6,13,16H,7-9H2,1-2H3,(H3,26,29,30,31)/t13-,16-/m0/s1. The average molecular weight is 491 g/mol. The number of halogens is 4.